The molecular formula is C15H17BrN2O. The van der Waals surface area contributed by atoms with E-state index < -0.39 is 0 Å². The monoisotopic (exact) mass is 320 g/mol. The highest BCUT2D eigenvalue weighted by molar-refractivity contribution is 9.10. The molecule has 0 unspecified atom stereocenters. The number of hydrogen-bond acceptors (Lipinski definition) is 3. The Balaban J connectivity index is 2.21. The highest BCUT2D eigenvalue weighted by Gasteiger charge is 2.07. The molecule has 0 amide bonds. The molecule has 4 heteroatoms. The third-order valence-electron chi connectivity index (χ3n) is 2.87. The first-order valence-corrected chi connectivity index (χ1v) is 7.01. The summed E-state index contributed by atoms with van der Waals surface area (Å²) in [6, 6.07) is 9.98. The summed E-state index contributed by atoms with van der Waals surface area (Å²) in [6.45, 7) is 4.73. The number of hydrogen-bond donors (Lipinski definition) is 1. The Bertz CT molecular complexity index is 553. The van der Waals surface area contributed by atoms with E-state index in [1.807, 2.05) is 18.2 Å². The zero-order chi connectivity index (χ0) is 13.8. The highest BCUT2D eigenvalue weighted by atomic mass is 79.9. The van der Waals surface area contributed by atoms with E-state index in [1.165, 1.54) is 5.56 Å². The molecule has 2 N–H and O–H groups in total. The van der Waals surface area contributed by atoms with Gasteiger partial charge in [0.1, 0.15) is 5.75 Å². The molecule has 2 aromatic rings. The van der Waals surface area contributed by atoms with Gasteiger partial charge in [0.2, 0.25) is 5.88 Å². The van der Waals surface area contributed by atoms with Gasteiger partial charge in [0.25, 0.3) is 0 Å². The Labute approximate surface area is 121 Å². The zero-order valence-corrected chi connectivity index (χ0v) is 12.6. The molecule has 0 fully saturated rings. The maximum atomic E-state index is 5.78. The number of halogens is 1. The molecule has 1 heterocycles. The van der Waals surface area contributed by atoms with Gasteiger partial charge in [-0.2, -0.15) is 0 Å². The molecule has 1 aromatic heterocycles. The fourth-order valence-corrected chi connectivity index (χ4v) is 2.12. The summed E-state index contributed by atoms with van der Waals surface area (Å²) in [5.41, 5.74) is 7.86. The average Bonchev–Trinajstić information content (AvgIpc) is 2.41. The minimum absolute atomic E-state index is 0.395. The number of nitrogens with zero attached hydrogens (tertiary/aromatic N) is 1. The van der Waals surface area contributed by atoms with Crippen LogP contribution in [-0.4, -0.2) is 4.98 Å². The lowest BCUT2D eigenvalue weighted by atomic mass is 10.0. The van der Waals surface area contributed by atoms with Crippen molar-refractivity contribution in [3.63, 3.8) is 0 Å². The van der Waals surface area contributed by atoms with Gasteiger partial charge < -0.3 is 10.5 Å². The van der Waals surface area contributed by atoms with Crippen molar-refractivity contribution >= 4 is 15.9 Å². The lowest BCUT2D eigenvalue weighted by Gasteiger charge is -2.10. The first-order chi connectivity index (χ1) is 9.10. The van der Waals surface area contributed by atoms with E-state index in [4.69, 9.17) is 10.5 Å². The lowest BCUT2D eigenvalue weighted by molar-refractivity contribution is 0.456. The van der Waals surface area contributed by atoms with Crippen LogP contribution in [-0.2, 0) is 6.54 Å². The van der Waals surface area contributed by atoms with Crippen LogP contribution >= 0.6 is 15.9 Å². The summed E-state index contributed by atoms with van der Waals surface area (Å²) < 4.78 is 6.68. The van der Waals surface area contributed by atoms with E-state index >= 15 is 0 Å². The number of pyridine rings is 1. The maximum Gasteiger partial charge on any atom is 0.223 e. The summed E-state index contributed by atoms with van der Waals surface area (Å²) in [5.74, 6) is 1.84. The molecule has 2 rings (SSSR count). The third kappa shape index (κ3) is 3.55. The van der Waals surface area contributed by atoms with Gasteiger partial charge in [0.15, 0.2) is 0 Å². The van der Waals surface area contributed by atoms with Crippen molar-refractivity contribution in [1.29, 1.82) is 0 Å². The number of benzene rings is 1. The van der Waals surface area contributed by atoms with Crippen molar-refractivity contribution in [2.75, 3.05) is 0 Å². The van der Waals surface area contributed by atoms with Crippen LogP contribution in [0.5, 0.6) is 11.6 Å². The topological polar surface area (TPSA) is 48.1 Å². The van der Waals surface area contributed by atoms with Crippen molar-refractivity contribution in [3.05, 3.63) is 52.1 Å². The van der Waals surface area contributed by atoms with Gasteiger partial charge >= 0.3 is 0 Å². The fourth-order valence-electron chi connectivity index (χ4n) is 1.74. The Morgan fingerprint density at radius 1 is 1.26 bits per heavy atom. The predicted molar refractivity (Wildman–Crippen MR) is 80.4 cm³/mol. The molecule has 100 valence electrons. The first kappa shape index (κ1) is 14.0. The zero-order valence-electron chi connectivity index (χ0n) is 11.1. The van der Waals surface area contributed by atoms with Crippen LogP contribution in [0, 0.1) is 0 Å². The van der Waals surface area contributed by atoms with Gasteiger partial charge in [0.05, 0.1) is 0 Å². The molecule has 0 saturated heterocycles. The maximum absolute atomic E-state index is 5.78. The van der Waals surface area contributed by atoms with E-state index in [1.54, 1.807) is 6.20 Å². The van der Waals surface area contributed by atoms with Gasteiger partial charge in [-0.3, -0.25) is 0 Å². The number of ether oxygens (including phenoxy) is 1. The van der Waals surface area contributed by atoms with Crippen molar-refractivity contribution in [3.8, 4) is 11.6 Å². The van der Waals surface area contributed by atoms with E-state index in [0.717, 1.165) is 15.8 Å². The Kier molecular flexibility index (Phi) is 4.56. The quantitative estimate of drug-likeness (QED) is 0.917. The molecular weight excluding hydrogens is 304 g/mol. The van der Waals surface area contributed by atoms with Gasteiger partial charge in [0, 0.05) is 22.8 Å². The molecule has 0 spiro atoms. The van der Waals surface area contributed by atoms with Gasteiger partial charge in [-0.15, -0.1) is 0 Å². The summed E-state index contributed by atoms with van der Waals surface area (Å²) in [5, 5.41) is 0. The summed E-state index contributed by atoms with van der Waals surface area (Å²) in [4.78, 5) is 4.25. The molecule has 0 radical (unpaired) electrons. The summed E-state index contributed by atoms with van der Waals surface area (Å²) >= 11 is 3.37. The van der Waals surface area contributed by atoms with Crippen molar-refractivity contribution in [2.45, 2.75) is 26.3 Å². The molecule has 0 atom stereocenters. The van der Waals surface area contributed by atoms with Gasteiger partial charge in [-0.25, -0.2) is 4.98 Å². The predicted octanol–water partition coefficient (Wildman–Crippen LogP) is 4.22. The first-order valence-electron chi connectivity index (χ1n) is 6.22. The Morgan fingerprint density at radius 3 is 2.53 bits per heavy atom. The molecule has 3 nitrogen and oxygen atoms in total. The second-order valence-electron chi connectivity index (χ2n) is 4.65. The summed E-state index contributed by atoms with van der Waals surface area (Å²) in [7, 11) is 0. The largest absolute Gasteiger partial charge is 0.439 e. The standard InChI is InChI=1S/C15H17BrN2O/c1-10(2)11-3-5-14(6-4-11)19-15-12(8-17)7-13(16)9-18-15/h3-7,9-10H,8,17H2,1-2H3. The van der Waals surface area contributed by atoms with Crippen molar-refractivity contribution in [1.82, 2.24) is 4.98 Å². The van der Waals surface area contributed by atoms with Crippen LogP contribution in [0.15, 0.2) is 41.0 Å². The van der Waals surface area contributed by atoms with Crippen LogP contribution in [0.2, 0.25) is 0 Å². The summed E-state index contributed by atoms with van der Waals surface area (Å²) in [6.07, 6.45) is 1.71. The highest BCUT2D eigenvalue weighted by Crippen LogP contribution is 2.26. The number of rotatable bonds is 4. The van der Waals surface area contributed by atoms with E-state index in [2.05, 4.69) is 46.9 Å². The molecule has 1 aromatic carbocycles. The Morgan fingerprint density at radius 2 is 1.95 bits per heavy atom. The minimum atomic E-state index is 0.395. The average molecular weight is 321 g/mol. The van der Waals surface area contributed by atoms with Crippen LogP contribution < -0.4 is 10.5 Å². The second-order valence-corrected chi connectivity index (χ2v) is 5.56. The normalized spacial score (nSPS) is 10.8. The van der Waals surface area contributed by atoms with Crippen molar-refractivity contribution < 1.29 is 4.74 Å². The van der Waals surface area contributed by atoms with Crippen LogP contribution in [0.3, 0.4) is 0 Å². The fraction of sp³-hybridized carbons (Fsp3) is 0.267. The third-order valence-corrected chi connectivity index (χ3v) is 3.31. The molecule has 19 heavy (non-hydrogen) atoms. The van der Waals surface area contributed by atoms with Gasteiger partial charge in [-0.1, -0.05) is 26.0 Å². The molecule has 0 saturated carbocycles. The van der Waals surface area contributed by atoms with E-state index in [9.17, 15) is 0 Å². The molecule has 0 aliphatic carbocycles. The number of aromatic nitrogens is 1. The Hall–Kier alpha value is -1.39. The van der Waals surface area contributed by atoms with Gasteiger partial charge in [-0.05, 0) is 45.6 Å². The number of nitrogens with two attached hydrogens (primary N) is 1. The molecule has 0 bridgehead atoms. The molecule has 0 aliphatic heterocycles. The van der Waals surface area contributed by atoms with E-state index in [0.29, 0.717) is 18.3 Å². The minimum Gasteiger partial charge on any atom is -0.439 e. The molecule has 0 aliphatic rings. The van der Waals surface area contributed by atoms with Crippen LogP contribution in [0.25, 0.3) is 0 Å². The smallest absolute Gasteiger partial charge is 0.223 e. The second kappa shape index (κ2) is 6.17. The van der Waals surface area contributed by atoms with E-state index in [-0.39, 0.29) is 0 Å². The van der Waals surface area contributed by atoms with Crippen LogP contribution in [0.1, 0.15) is 30.9 Å². The lowest BCUT2D eigenvalue weighted by Crippen LogP contribution is -2.01. The van der Waals surface area contributed by atoms with Crippen LogP contribution in [0.4, 0.5) is 0 Å². The van der Waals surface area contributed by atoms with Crippen molar-refractivity contribution in [2.24, 2.45) is 5.73 Å². The SMILES string of the molecule is CC(C)c1ccc(Oc2ncc(Br)cc2CN)cc1.